The summed E-state index contributed by atoms with van der Waals surface area (Å²) in [6.45, 7) is -0.264. The molecule has 17 N–H and O–H groups in total. The van der Waals surface area contributed by atoms with Crippen molar-refractivity contribution in [3.63, 3.8) is 0 Å². The number of hydrogen-bond acceptors (Lipinski definition) is 25. The van der Waals surface area contributed by atoms with Gasteiger partial charge < -0.3 is 125 Å². The van der Waals surface area contributed by atoms with Crippen LogP contribution in [0.1, 0.15) is 27.7 Å². The Morgan fingerprint density at radius 3 is 1.62 bits per heavy atom. The van der Waals surface area contributed by atoms with Crippen LogP contribution in [0.3, 0.4) is 0 Å². The van der Waals surface area contributed by atoms with Crippen LogP contribution in [0.25, 0.3) is 0 Å². The first-order valence-electron chi connectivity index (χ1n) is 20.4. The van der Waals surface area contributed by atoms with Crippen molar-refractivity contribution in [1.29, 1.82) is 0 Å². The summed E-state index contributed by atoms with van der Waals surface area (Å²) in [5, 5.41) is 156. The average molecular weight is 938 g/mol. The van der Waals surface area contributed by atoms with Gasteiger partial charge >= 0.3 is 0 Å². The third-order valence-corrected chi connectivity index (χ3v) is 11.1. The number of carbonyl (C=O) groups excluding carboxylic acids is 3. The molecule has 4 saturated heterocycles. The highest BCUT2D eigenvalue weighted by Crippen LogP contribution is 2.34. The molecule has 0 aromatic heterocycles. The van der Waals surface area contributed by atoms with Gasteiger partial charge in [0, 0.05) is 20.8 Å². The van der Waals surface area contributed by atoms with Crippen molar-refractivity contribution >= 4 is 17.7 Å². The summed E-state index contributed by atoms with van der Waals surface area (Å²) in [4.78, 5) is 36.9. The van der Waals surface area contributed by atoms with Crippen molar-refractivity contribution in [2.45, 2.75) is 175 Å². The van der Waals surface area contributed by atoms with Crippen LogP contribution in [0, 0.1) is 0 Å². The summed E-state index contributed by atoms with van der Waals surface area (Å²) in [6.07, 6.45) is -38.2. The van der Waals surface area contributed by atoms with Crippen molar-refractivity contribution in [3.8, 4) is 0 Å². The number of ether oxygens (including phenoxy) is 8. The van der Waals surface area contributed by atoms with Gasteiger partial charge in [0.1, 0.15) is 110 Å². The van der Waals surface area contributed by atoms with Gasteiger partial charge in [-0.3, -0.25) is 14.4 Å². The number of amides is 3. The van der Waals surface area contributed by atoms with E-state index in [9.17, 15) is 85.9 Å². The van der Waals surface area contributed by atoms with Crippen LogP contribution < -0.4 is 16.0 Å². The van der Waals surface area contributed by atoms with E-state index in [4.69, 9.17) is 37.9 Å². The molecule has 28 heteroatoms. The van der Waals surface area contributed by atoms with Crippen LogP contribution >= 0.6 is 0 Å². The Labute approximate surface area is 365 Å². The SMILES string of the molecule is CC(=O)N[C@H]1[C@H](OC[C@@H](O)[C@H](O)[C@H](O[C@@H]2O[C@H](CO)[C@@H](O)[C@H](O[C@@H]3O[C@H](CO)[C@H](O)[C@H](O)[C@H]3O[C@@H]3O[C@@H](C)[C@@H](O)[C@@H](O)[C@@H]3O)[C@H]2NC(C)=O)[C@H](CO)NC(C)=O)O[C@H](CO)[C@@H](O)[C@@H]1O. The smallest absolute Gasteiger partial charge is 0.217 e. The highest BCUT2D eigenvalue weighted by Gasteiger charge is 2.55. The maximum atomic E-state index is 12.7. The van der Waals surface area contributed by atoms with Gasteiger partial charge in [0.15, 0.2) is 25.2 Å². The molecule has 0 aliphatic carbocycles. The summed E-state index contributed by atoms with van der Waals surface area (Å²) in [7, 11) is 0. The summed E-state index contributed by atoms with van der Waals surface area (Å²) in [6, 6.07) is -4.87. The van der Waals surface area contributed by atoms with Crippen LogP contribution in [0.5, 0.6) is 0 Å². The lowest BCUT2D eigenvalue weighted by molar-refractivity contribution is -0.382. The second kappa shape index (κ2) is 24.0. The largest absolute Gasteiger partial charge is 0.394 e. The van der Waals surface area contributed by atoms with Gasteiger partial charge in [0.2, 0.25) is 17.7 Å². The van der Waals surface area contributed by atoms with Crippen LogP contribution in [0.4, 0.5) is 0 Å². The molecule has 64 heavy (non-hydrogen) atoms. The van der Waals surface area contributed by atoms with Gasteiger partial charge in [0.05, 0.1) is 45.2 Å². The van der Waals surface area contributed by atoms with Crippen molar-refractivity contribution in [2.24, 2.45) is 0 Å². The third kappa shape index (κ3) is 12.7. The molecule has 0 bridgehead atoms. The van der Waals surface area contributed by atoms with E-state index in [2.05, 4.69) is 16.0 Å². The second-order valence-corrected chi connectivity index (χ2v) is 15.9. The van der Waals surface area contributed by atoms with Crippen LogP contribution in [0.15, 0.2) is 0 Å². The van der Waals surface area contributed by atoms with Gasteiger partial charge in [-0.2, -0.15) is 0 Å². The molecule has 0 unspecified atom stereocenters. The van der Waals surface area contributed by atoms with Crippen molar-refractivity contribution < 1.29 is 124 Å². The number of nitrogens with one attached hydrogen (secondary N) is 3. The van der Waals surface area contributed by atoms with E-state index in [1.54, 1.807) is 0 Å². The molecule has 0 aromatic carbocycles. The first-order chi connectivity index (χ1) is 30.1. The Morgan fingerprint density at radius 2 is 1.08 bits per heavy atom. The molecule has 4 rings (SSSR count). The minimum absolute atomic E-state index is 0.701. The number of carbonyl (C=O) groups is 3. The molecule has 4 aliphatic heterocycles. The van der Waals surface area contributed by atoms with Crippen molar-refractivity contribution in [2.75, 3.05) is 33.0 Å². The number of aliphatic hydroxyl groups excluding tert-OH is 14. The molecule has 0 saturated carbocycles. The van der Waals surface area contributed by atoms with E-state index in [1.165, 1.54) is 6.92 Å². The third-order valence-electron chi connectivity index (χ3n) is 11.1. The van der Waals surface area contributed by atoms with Crippen molar-refractivity contribution in [1.82, 2.24) is 16.0 Å². The topological polar surface area (TPSA) is 444 Å². The van der Waals surface area contributed by atoms with Crippen LogP contribution in [-0.2, 0) is 52.3 Å². The number of hydrogen-bond donors (Lipinski definition) is 17. The second-order valence-electron chi connectivity index (χ2n) is 15.9. The molecule has 372 valence electrons. The van der Waals surface area contributed by atoms with Crippen LogP contribution in [-0.4, -0.2) is 269 Å². The maximum Gasteiger partial charge on any atom is 0.217 e. The Hall–Kier alpha value is -2.47. The van der Waals surface area contributed by atoms with E-state index < -0.39 is 198 Å². The minimum Gasteiger partial charge on any atom is -0.394 e. The Balaban J connectivity index is 1.67. The lowest BCUT2D eigenvalue weighted by atomic mass is 9.94. The van der Waals surface area contributed by atoms with Crippen LogP contribution in [0.2, 0.25) is 0 Å². The zero-order chi connectivity index (χ0) is 47.9. The number of aliphatic hydroxyl groups is 14. The fourth-order valence-corrected chi connectivity index (χ4v) is 7.67. The molecule has 24 atom stereocenters. The highest BCUT2D eigenvalue weighted by molar-refractivity contribution is 5.74. The predicted octanol–water partition coefficient (Wildman–Crippen LogP) is -10.8. The first-order valence-corrected chi connectivity index (χ1v) is 20.4. The zero-order valence-electron chi connectivity index (χ0n) is 35.1. The molecule has 28 nitrogen and oxygen atoms in total. The van der Waals surface area contributed by atoms with E-state index >= 15 is 0 Å². The fraction of sp³-hybridized carbons (Fsp3) is 0.917. The Morgan fingerprint density at radius 1 is 0.562 bits per heavy atom. The lowest BCUT2D eigenvalue weighted by Gasteiger charge is -2.50. The molecule has 3 amide bonds. The Kier molecular flexibility index (Phi) is 20.3. The molecule has 0 aromatic rings. The molecule has 0 spiro atoms. The quantitative estimate of drug-likeness (QED) is 0.0572. The molecule has 4 fully saturated rings. The van der Waals surface area contributed by atoms with Crippen molar-refractivity contribution in [3.05, 3.63) is 0 Å². The number of rotatable bonds is 19. The molecular formula is C36H63N3O25. The first kappa shape index (κ1) is 54.1. The normalized spacial score (nSPS) is 42.5. The minimum atomic E-state index is -2.23. The summed E-state index contributed by atoms with van der Waals surface area (Å²) < 4.78 is 45.9. The zero-order valence-corrected chi connectivity index (χ0v) is 35.1. The van der Waals surface area contributed by atoms with Gasteiger partial charge in [-0.25, -0.2) is 0 Å². The summed E-state index contributed by atoms with van der Waals surface area (Å²) in [5.41, 5.74) is 0. The van der Waals surface area contributed by atoms with Gasteiger partial charge in [-0.15, -0.1) is 0 Å². The maximum absolute atomic E-state index is 12.7. The monoisotopic (exact) mass is 937 g/mol. The highest BCUT2D eigenvalue weighted by atomic mass is 16.8. The molecule has 4 heterocycles. The Bertz CT molecular complexity index is 1490. The molecule has 4 aliphatic rings. The average Bonchev–Trinajstić information content (AvgIpc) is 3.24. The fourth-order valence-electron chi connectivity index (χ4n) is 7.67. The van der Waals surface area contributed by atoms with Gasteiger partial charge in [-0.05, 0) is 6.92 Å². The van der Waals surface area contributed by atoms with E-state index in [0.717, 1.165) is 20.8 Å². The van der Waals surface area contributed by atoms with Gasteiger partial charge in [0.25, 0.3) is 0 Å². The predicted molar refractivity (Wildman–Crippen MR) is 202 cm³/mol. The van der Waals surface area contributed by atoms with E-state index in [1.807, 2.05) is 0 Å². The van der Waals surface area contributed by atoms with E-state index in [-0.39, 0.29) is 0 Å². The van der Waals surface area contributed by atoms with E-state index in [0.29, 0.717) is 0 Å². The lowest BCUT2D eigenvalue weighted by Crippen LogP contribution is -2.70. The summed E-state index contributed by atoms with van der Waals surface area (Å²) in [5.74, 6) is -2.35. The molecule has 0 radical (unpaired) electrons. The van der Waals surface area contributed by atoms with Gasteiger partial charge in [-0.1, -0.05) is 0 Å². The molecular weight excluding hydrogens is 874 g/mol. The standard InChI is InChI=1S/C36H63N3O25/c1-10-21(48)27(54)29(56)35(58-10)64-32-28(55)24(51)17(7-42)61-36(32)63-31-20(39-13(4)46)34(60-18(8-43)25(31)52)62-30(14(5-40)37-11(2)44)22(49)15(47)9-57-33-19(38-12(3)45)26(53)23(50)16(6-41)59-33/h10,14-36,40-43,47-56H,5-9H2,1-4H3,(H,37,44)(H,38,45)(H,39,46)/t10-,14-,15+,16+,17+,18+,19+,20+,21+,22-,23+,24-,25+,26+,27+,28-,29-,30+,31+,32+,33+,34-,35-,36-/m0/s1. The summed E-state index contributed by atoms with van der Waals surface area (Å²) >= 11 is 0.